The van der Waals surface area contributed by atoms with Crippen LogP contribution in [0.4, 0.5) is 4.39 Å². The van der Waals surface area contributed by atoms with Gasteiger partial charge in [0, 0.05) is 6.42 Å². The van der Waals surface area contributed by atoms with Crippen molar-refractivity contribution in [2.24, 2.45) is 0 Å². The molecule has 1 atom stereocenters. The fraction of sp³-hybridized carbons (Fsp3) is 0.381. The van der Waals surface area contributed by atoms with E-state index in [9.17, 15) is 9.18 Å². The van der Waals surface area contributed by atoms with Gasteiger partial charge in [-0.2, -0.15) is 0 Å². The van der Waals surface area contributed by atoms with Crippen LogP contribution in [0.3, 0.4) is 0 Å². The maximum absolute atomic E-state index is 12.9. The molecule has 0 saturated heterocycles. The molecule has 0 spiro atoms. The third-order valence-electron chi connectivity index (χ3n) is 4.80. The molecule has 2 aromatic carbocycles. The monoisotopic (exact) mass is 325 g/mol. The Bertz CT molecular complexity index is 708. The maximum atomic E-state index is 12.9. The van der Waals surface area contributed by atoms with E-state index < -0.39 is 0 Å². The molecule has 0 aromatic heterocycles. The number of fused-ring (bicyclic) bond motifs is 1. The largest absolute Gasteiger partial charge is 0.350 e. The lowest BCUT2D eigenvalue weighted by Crippen LogP contribution is -2.27. The third kappa shape index (κ3) is 4.22. The van der Waals surface area contributed by atoms with Crippen molar-refractivity contribution in [2.75, 3.05) is 0 Å². The fourth-order valence-corrected chi connectivity index (χ4v) is 3.33. The quantitative estimate of drug-likeness (QED) is 0.861. The Morgan fingerprint density at radius 1 is 1.08 bits per heavy atom. The molecular formula is C21H24FNO. The predicted octanol–water partition coefficient (Wildman–Crippen LogP) is 4.51. The Morgan fingerprint density at radius 3 is 2.54 bits per heavy atom. The van der Waals surface area contributed by atoms with Gasteiger partial charge in [-0.05, 0) is 73.4 Å². The molecule has 3 heteroatoms. The zero-order valence-electron chi connectivity index (χ0n) is 14.1. The summed E-state index contributed by atoms with van der Waals surface area (Å²) in [5, 5.41) is 3.07. The summed E-state index contributed by atoms with van der Waals surface area (Å²) in [6.07, 6.45) is 5.91. The molecule has 0 radical (unpaired) electrons. The first-order valence-electron chi connectivity index (χ1n) is 8.77. The van der Waals surface area contributed by atoms with Gasteiger partial charge < -0.3 is 5.32 Å². The van der Waals surface area contributed by atoms with E-state index in [1.54, 1.807) is 12.1 Å². The van der Waals surface area contributed by atoms with Crippen LogP contribution in [0.5, 0.6) is 0 Å². The van der Waals surface area contributed by atoms with Gasteiger partial charge in [0.05, 0.1) is 6.04 Å². The molecule has 1 N–H and O–H groups in total. The van der Waals surface area contributed by atoms with Crippen LogP contribution in [-0.2, 0) is 24.1 Å². The number of carbonyl (C=O) groups is 1. The van der Waals surface area contributed by atoms with Crippen LogP contribution < -0.4 is 5.32 Å². The summed E-state index contributed by atoms with van der Waals surface area (Å²) >= 11 is 0. The molecule has 0 bridgehead atoms. The number of hydrogen-bond donors (Lipinski definition) is 1. The van der Waals surface area contributed by atoms with Crippen molar-refractivity contribution in [1.82, 2.24) is 5.32 Å². The normalized spacial score (nSPS) is 14.8. The first-order valence-corrected chi connectivity index (χ1v) is 8.77. The molecule has 24 heavy (non-hydrogen) atoms. The van der Waals surface area contributed by atoms with Crippen molar-refractivity contribution in [3.05, 3.63) is 70.5 Å². The Kier molecular flexibility index (Phi) is 5.29. The second kappa shape index (κ2) is 7.61. The van der Waals surface area contributed by atoms with E-state index in [1.807, 2.05) is 6.92 Å². The van der Waals surface area contributed by atoms with Crippen molar-refractivity contribution in [3.63, 3.8) is 0 Å². The molecule has 2 aromatic rings. The summed E-state index contributed by atoms with van der Waals surface area (Å²) in [6.45, 7) is 2.03. The summed E-state index contributed by atoms with van der Waals surface area (Å²) in [7, 11) is 0. The van der Waals surface area contributed by atoms with Crippen molar-refractivity contribution < 1.29 is 9.18 Å². The second-order valence-corrected chi connectivity index (χ2v) is 6.65. The Hall–Kier alpha value is -2.16. The van der Waals surface area contributed by atoms with Gasteiger partial charge in [-0.15, -0.1) is 0 Å². The molecule has 1 amide bonds. The number of rotatable bonds is 5. The van der Waals surface area contributed by atoms with Gasteiger partial charge in [-0.25, -0.2) is 4.39 Å². The molecule has 126 valence electrons. The van der Waals surface area contributed by atoms with Crippen LogP contribution in [0.25, 0.3) is 0 Å². The van der Waals surface area contributed by atoms with Crippen molar-refractivity contribution in [3.8, 4) is 0 Å². The molecule has 0 aliphatic heterocycles. The molecule has 1 aliphatic rings. The Morgan fingerprint density at radius 2 is 1.79 bits per heavy atom. The standard InChI is InChI=1S/C21H24FNO/c1-15(18-10-9-17-4-2-3-5-19(17)14-18)23-21(24)13-8-16-6-11-20(22)12-7-16/h6-7,9-12,14-15H,2-5,8,13H2,1H3,(H,23,24). The van der Waals surface area contributed by atoms with Crippen LogP contribution in [0.1, 0.15) is 54.5 Å². The molecule has 0 heterocycles. The van der Waals surface area contributed by atoms with Crippen LogP contribution >= 0.6 is 0 Å². The van der Waals surface area contributed by atoms with E-state index in [4.69, 9.17) is 0 Å². The van der Waals surface area contributed by atoms with Gasteiger partial charge in [0.15, 0.2) is 0 Å². The average Bonchev–Trinajstić information content (AvgIpc) is 2.61. The number of benzene rings is 2. The van der Waals surface area contributed by atoms with Crippen LogP contribution in [0.2, 0.25) is 0 Å². The van der Waals surface area contributed by atoms with Gasteiger partial charge in [-0.1, -0.05) is 30.3 Å². The zero-order valence-corrected chi connectivity index (χ0v) is 14.1. The number of aryl methyl sites for hydroxylation is 3. The maximum Gasteiger partial charge on any atom is 0.220 e. The van der Waals surface area contributed by atoms with Crippen molar-refractivity contribution in [2.45, 2.75) is 51.5 Å². The molecule has 2 nitrogen and oxygen atoms in total. The number of nitrogens with one attached hydrogen (secondary N) is 1. The lowest BCUT2D eigenvalue weighted by atomic mass is 9.89. The van der Waals surface area contributed by atoms with E-state index in [-0.39, 0.29) is 17.8 Å². The van der Waals surface area contributed by atoms with Crippen LogP contribution in [-0.4, -0.2) is 5.91 Å². The van der Waals surface area contributed by atoms with Crippen molar-refractivity contribution in [1.29, 1.82) is 0 Å². The summed E-state index contributed by atoms with van der Waals surface area (Å²) in [4.78, 5) is 12.2. The van der Waals surface area contributed by atoms with E-state index in [1.165, 1.54) is 48.1 Å². The summed E-state index contributed by atoms with van der Waals surface area (Å²) in [5.41, 5.74) is 5.05. The molecule has 1 aliphatic carbocycles. The fourth-order valence-electron chi connectivity index (χ4n) is 3.33. The van der Waals surface area contributed by atoms with E-state index in [0.717, 1.165) is 12.0 Å². The van der Waals surface area contributed by atoms with Gasteiger partial charge in [0.25, 0.3) is 0 Å². The van der Waals surface area contributed by atoms with Gasteiger partial charge >= 0.3 is 0 Å². The highest BCUT2D eigenvalue weighted by Crippen LogP contribution is 2.24. The lowest BCUT2D eigenvalue weighted by Gasteiger charge is -2.20. The summed E-state index contributed by atoms with van der Waals surface area (Å²) < 4.78 is 12.9. The minimum atomic E-state index is -0.246. The van der Waals surface area contributed by atoms with Gasteiger partial charge in [0.2, 0.25) is 5.91 Å². The molecule has 0 saturated carbocycles. The second-order valence-electron chi connectivity index (χ2n) is 6.65. The first kappa shape index (κ1) is 16.7. The number of carbonyl (C=O) groups excluding carboxylic acids is 1. The number of halogens is 1. The molecular weight excluding hydrogens is 301 g/mol. The molecule has 0 fully saturated rings. The molecule has 3 rings (SSSR count). The smallest absolute Gasteiger partial charge is 0.220 e. The lowest BCUT2D eigenvalue weighted by molar-refractivity contribution is -0.121. The number of hydrogen-bond acceptors (Lipinski definition) is 1. The third-order valence-corrected chi connectivity index (χ3v) is 4.80. The predicted molar refractivity (Wildman–Crippen MR) is 94.4 cm³/mol. The van der Waals surface area contributed by atoms with Crippen molar-refractivity contribution >= 4 is 5.91 Å². The minimum Gasteiger partial charge on any atom is -0.350 e. The van der Waals surface area contributed by atoms with Gasteiger partial charge in [0.1, 0.15) is 5.82 Å². The SMILES string of the molecule is CC(NC(=O)CCc1ccc(F)cc1)c1ccc2c(c1)CCCC2. The number of amides is 1. The summed E-state index contributed by atoms with van der Waals surface area (Å²) in [6, 6.07) is 12.9. The zero-order chi connectivity index (χ0) is 16.9. The highest BCUT2D eigenvalue weighted by Gasteiger charge is 2.14. The first-order chi connectivity index (χ1) is 11.6. The highest BCUT2D eigenvalue weighted by atomic mass is 19.1. The molecule has 1 unspecified atom stereocenters. The highest BCUT2D eigenvalue weighted by molar-refractivity contribution is 5.76. The van der Waals surface area contributed by atoms with E-state index in [2.05, 4.69) is 23.5 Å². The topological polar surface area (TPSA) is 29.1 Å². The van der Waals surface area contributed by atoms with Crippen LogP contribution in [0, 0.1) is 5.82 Å². The average molecular weight is 325 g/mol. The van der Waals surface area contributed by atoms with Crippen LogP contribution in [0.15, 0.2) is 42.5 Å². The Labute approximate surface area is 143 Å². The van der Waals surface area contributed by atoms with Gasteiger partial charge in [-0.3, -0.25) is 4.79 Å². The minimum absolute atomic E-state index is 0.0120. The van der Waals surface area contributed by atoms with E-state index in [0.29, 0.717) is 12.8 Å². The summed E-state index contributed by atoms with van der Waals surface area (Å²) in [5.74, 6) is -0.214. The Balaban J connectivity index is 1.55. The van der Waals surface area contributed by atoms with E-state index >= 15 is 0 Å².